The lowest BCUT2D eigenvalue weighted by Gasteiger charge is -2.34. The van der Waals surface area contributed by atoms with Gasteiger partial charge in [-0.1, -0.05) is 41.4 Å². The van der Waals surface area contributed by atoms with Gasteiger partial charge < -0.3 is 4.74 Å². The second-order valence-corrected chi connectivity index (χ2v) is 7.77. The van der Waals surface area contributed by atoms with Crippen LogP contribution in [0.1, 0.15) is 17.5 Å². The number of nitrogens with two attached hydrogens (primary N) is 1. The largest absolute Gasteiger partial charge is 0.379 e. The maximum absolute atomic E-state index is 13.5. The van der Waals surface area contributed by atoms with E-state index in [1.165, 1.54) is 5.01 Å². The molecule has 2 N–H and O–H groups in total. The van der Waals surface area contributed by atoms with Gasteiger partial charge in [0.1, 0.15) is 5.41 Å². The summed E-state index contributed by atoms with van der Waals surface area (Å²) in [5, 5.41) is 2.35. The number of halogens is 2. The highest BCUT2D eigenvalue weighted by Crippen LogP contribution is 2.49. The van der Waals surface area contributed by atoms with Crippen LogP contribution in [0.25, 0.3) is 0 Å². The van der Waals surface area contributed by atoms with Gasteiger partial charge in [-0.25, -0.2) is 10.9 Å². The Morgan fingerprint density at radius 3 is 2.56 bits per heavy atom. The van der Waals surface area contributed by atoms with Gasteiger partial charge in [0.15, 0.2) is 0 Å². The summed E-state index contributed by atoms with van der Waals surface area (Å²) < 4.78 is 5.44. The van der Waals surface area contributed by atoms with Gasteiger partial charge in [0, 0.05) is 29.7 Å². The van der Waals surface area contributed by atoms with Gasteiger partial charge in [0.25, 0.3) is 5.91 Å². The average Bonchev–Trinajstić information content (AvgIpc) is 2.89. The molecular formula is C20H21Cl2N3O2. The van der Waals surface area contributed by atoms with Crippen LogP contribution in [0.4, 0.5) is 5.69 Å². The molecule has 7 heteroatoms. The van der Waals surface area contributed by atoms with Crippen molar-refractivity contribution in [1.82, 2.24) is 4.90 Å². The van der Waals surface area contributed by atoms with E-state index in [-0.39, 0.29) is 5.91 Å². The predicted octanol–water partition coefficient (Wildman–Crippen LogP) is 3.22. The molecule has 0 spiro atoms. The highest BCUT2D eigenvalue weighted by Gasteiger charge is 2.52. The van der Waals surface area contributed by atoms with Crippen LogP contribution in [-0.2, 0) is 14.9 Å². The molecule has 1 fully saturated rings. The van der Waals surface area contributed by atoms with E-state index in [1.807, 2.05) is 30.3 Å². The summed E-state index contributed by atoms with van der Waals surface area (Å²) in [4.78, 5) is 15.8. The molecule has 142 valence electrons. The van der Waals surface area contributed by atoms with E-state index in [0.29, 0.717) is 35.4 Å². The number of hydrogen-bond donors (Lipinski definition) is 1. The zero-order chi connectivity index (χ0) is 19.0. The van der Waals surface area contributed by atoms with Crippen molar-refractivity contribution in [2.75, 3.05) is 37.9 Å². The normalized spacial score (nSPS) is 22.9. The van der Waals surface area contributed by atoms with Gasteiger partial charge in [-0.3, -0.25) is 9.69 Å². The summed E-state index contributed by atoms with van der Waals surface area (Å²) in [6.07, 6.45) is 0.566. The molecule has 1 unspecified atom stereocenters. The number of carbonyl (C=O) groups excluding carboxylic acids is 1. The van der Waals surface area contributed by atoms with Crippen LogP contribution in [0.3, 0.4) is 0 Å². The fraction of sp³-hybridized carbons (Fsp3) is 0.350. The highest BCUT2D eigenvalue weighted by molar-refractivity contribution is 6.32. The Bertz CT molecular complexity index is 870. The summed E-state index contributed by atoms with van der Waals surface area (Å²) in [7, 11) is 0. The quantitative estimate of drug-likeness (QED) is 0.626. The summed E-state index contributed by atoms with van der Waals surface area (Å²) in [6.45, 7) is 3.85. The molecule has 2 heterocycles. The van der Waals surface area contributed by atoms with Gasteiger partial charge in [-0.2, -0.15) is 0 Å². The molecule has 0 aromatic heterocycles. The minimum absolute atomic E-state index is 0.180. The lowest BCUT2D eigenvalue weighted by atomic mass is 9.72. The Labute approximate surface area is 168 Å². The Morgan fingerprint density at radius 2 is 1.81 bits per heavy atom. The first-order valence-corrected chi connectivity index (χ1v) is 9.74. The minimum atomic E-state index is -0.953. The number of morpholine rings is 1. The van der Waals surface area contributed by atoms with Gasteiger partial charge >= 0.3 is 0 Å². The van der Waals surface area contributed by atoms with Gasteiger partial charge in [-0.15, -0.1) is 0 Å². The van der Waals surface area contributed by atoms with E-state index < -0.39 is 5.41 Å². The van der Waals surface area contributed by atoms with E-state index in [9.17, 15) is 4.79 Å². The van der Waals surface area contributed by atoms with E-state index in [1.54, 1.807) is 12.1 Å². The monoisotopic (exact) mass is 405 g/mol. The standard InChI is InChI=1S/C20H21Cl2N3O2/c21-14-5-6-18-16(13-14)20(19(26)25(18)23,15-3-1-2-4-17(15)22)7-8-24-9-11-27-12-10-24/h1-6,13H,7-12,23H2. The van der Waals surface area contributed by atoms with Crippen LogP contribution < -0.4 is 10.9 Å². The van der Waals surface area contributed by atoms with Crippen molar-refractivity contribution in [2.45, 2.75) is 11.8 Å². The first kappa shape index (κ1) is 18.7. The third-order valence-corrected chi connectivity index (χ3v) is 6.07. The van der Waals surface area contributed by atoms with Crippen molar-refractivity contribution in [3.8, 4) is 0 Å². The van der Waals surface area contributed by atoms with E-state index >= 15 is 0 Å². The molecular weight excluding hydrogens is 385 g/mol. The average molecular weight is 406 g/mol. The second-order valence-electron chi connectivity index (χ2n) is 6.93. The molecule has 0 bridgehead atoms. The summed E-state index contributed by atoms with van der Waals surface area (Å²) in [5.41, 5.74) is 1.29. The lowest BCUT2D eigenvalue weighted by molar-refractivity contribution is -0.122. The van der Waals surface area contributed by atoms with Crippen molar-refractivity contribution in [2.24, 2.45) is 5.84 Å². The van der Waals surface area contributed by atoms with Crippen LogP contribution in [-0.4, -0.2) is 43.7 Å². The molecule has 27 heavy (non-hydrogen) atoms. The molecule has 5 nitrogen and oxygen atoms in total. The molecule has 1 amide bonds. The predicted molar refractivity (Wildman–Crippen MR) is 107 cm³/mol. The Kier molecular flexibility index (Phi) is 5.14. The maximum Gasteiger partial charge on any atom is 0.256 e. The van der Waals surface area contributed by atoms with Crippen molar-refractivity contribution in [3.05, 3.63) is 63.6 Å². The van der Waals surface area contributed by atoms with E-state index in [4.69, 9.17) is 33.8 Å². The number of fused-ring (bicyclic) bond motifs is 1. The zero-order valence-electron chi connectivity index (χ0n) is 14.8. The molecule has 0 saturated carbocycles. The first-order chi connectivity index (χ1) is 13.0. The lowest BCUT2D eigenvalue weighted by Crippen LogP contribution is -2.47. The van der Waals surface area contributed by atoms with Crippen LogP contribution in [0.2, 0.25) is 10.0 Å². The first-order valence-electron chi connectivity index (χ1n) is 8.98. The number of ether oxygens (including phenoxy) is 1. The Hall–Kier alpha value is -1.63. The maximum atomic E-state index is 13.5. The summed E-state index contributed by atoms with van der Waals surface area (Å²) in [6, 6.07) is 12.9. The van der Waals surface area contributed by atoms with Crippen molar-refractivity contribution in [3.63, 3.8) is 0 Å². The second kappa shape index (κ2) is 7.41. The number of hydrogen-bond acceptors (Lipinski definition) is 4. The Morgan fingerprint density at radius 1 is 1.07 bits per heavy atom. The van der Waals surface area contributed by atoms with Gasteiger partial charge in [-0.05, 0) is 41.8 Å². The van der Waals surface area contributed by atoms with Crippen LogP contribution >= 0.6 is 23.2 Å². The number of anilines is 1. The molecule has 2 aliphatic rings. The van der Waals surface area contributed by atoms with Gasteiger partial charge in [0.05, 0.1) is 18.9 Å². The summed E-state index contributed by atoms with van der Waals surface area (Å²) >= 11 is 12.8. The third-order valence-electron chi connectivity index (χ3n) is 5.50. The molecule has 0 aliphatic carbocycles. The molecule has 1 atom stereocenters. The highest BCUT2D eigenvalue weighted by atomic mass is 35.5. The molecule has 2 aromatic carbocycles. The van der Waals surface area contributed by atoms with E-state index in [2.05, 4.69) is 4.90 Å². The smallest absolute Gasteiger partial charge is 0.256 e. The number of hydrazine groups is 1. The number of rotatable bonds is 4. The van der Waals surface area contributed by atoms with Crippen molar-refractivity contribution in [1.29, 1.82) is 0 Å². The fourth-order valence-corrected chi connectivity index (χ4v) is 4.55. The summed E-state index contributed by atoms with van der Waals surface area (Å²) in [5.74, 6) is 6.00. The molecule has 2 aromatic rings. The topological polar surface area (TPSA) is 58.8 Å². The van der Waals surface area contributed by atoms with E-state index in [0.717, 1.165) is 30.8 Å². The zero-order valence-corrected chi connectivity index (χ0v) is 16.3. The SMILES string of the molecule is NN1C(=O)C(CCN2CCOCC2)(c2ccccc2Cl)c2cc(Cl)ccc21. The third kappa shape index (κ3) is 3.13. The van der Waals surface area contributed by atoms with Crippen LogP contribution in [0, 0.1) is 0 Å². The minimum Gasteiger partial charge on any atom is -0.379 e. The van der Waals surface area contributed by atoms with Gasteiger partial charge in [0.2, 0.25) is 0 Å². The number of amides is 1. The molecule has 4 rings (SSSR count). The number of nitrogens with zero attached hydrogens (tertiary/aromatic N) is 2. The molecule has 2 aliphatic heterocycles. The number of benzene rings is 2. The van der Waals surface area contributed by atoms with Crippen LogP contribution in [0.15, 0.2) is 42.5 Å². The Balaban J connectivity index is 1.83. The molecule has 1 saturated heterocycles. The van der Waals surface area contributed by atoms with Crippen molar-refractivity contribution < 1.29 is 9.53 Å². The fourth-order valence-electron chi connectivity index (χ4n) is 4.08. The molecule has 0 radical (unpaired) electrons. The van der Waals surface area contributed by atoms with Crippen LogP contribution in [0.5, 0.6) is 0 Å². The number of carbonyl (C=O) groups is 1. The van der Waals surface area contributed by atoms with Crippen molar-refractivity contribution >= 4 is 34.8 Å².